The van der Waals surface area contributed by atoms with Gasteiger partial charge in [-0.1, -0.05) is 12.1 Å². The molecule has 1 aromatic rings. The Morgan fingerprint density at radius 1 is 1.45 bits per heavy atom. The van der Waals surface area contributed by atoms with Gasteiger partial charge in [-0.25, -0.2) is 0 Å². The Morgan fingerprint density at radius 3 is 2.82 bits per heavy atom. The molecule has 0 bridgehead atoms. The number of hydrogen-bond donors (Lipinski definition) is 2. The number of carbonyl (C=O) groups excluding carboxylic acids is 1. The van der Waals surface area contributed by atoms with E-state index in [1.54, 1.807) is 19.1 Å². The summed E-state index contributed by atoms with van der Waals surface area (Å²) in [7, 11) is 0. The van der Waals surface area contributed by atoms with Gasteiger partial charge in [-0.05, 0) is 38.9 Å². The third-order valence-corrected chi connectivity index (χ3v) is 3.94. The van der Waals surface area contributed by atoms with E-state index >= 15 is 0 Å². The van der Waals surface area contributed by atoms with Gasteiger partial charge in [0, 0.05) is 6.54 Å². The van der Waals surface area contributed by atoms with E-state index in [1.165, 1.54) is 0 Å². The normalized spacial score (nSPS) is 19.6. The van der Waals surface area contributed by atoms with E-state index in [2.05, 4.69) is 5.32 Å². The maximum Gasteiger partial charge on any atom is 0.307 e. The van der Waals surface area contributed by atoms with Crippen molar-refractivity contribution in [2.45, 2.75) is 26.3 Å². The molecule has 0 radical (unpaired) electrons. The van der Waals surface area contributed by atoms with Crippen molar-refractivity contribution in [2.24, 2.45) is 5.92 Å². The van der Waals surface area contributed by atoms with E-state index < -0.39 is 5.97 Å². The molecule has 0 aromatic heterocycles. The fraction of sp³-hybridized carbons (Fsp3) is 0.500. The maximum absolute atomic E-state index is 12.4. The summed E-state index contributed by atoms with van der Waals surface area (Å²) in [5, 5.41) is 11.9. The number of carboxylic acid groups (broad SMARTS) is 1. The van der Waals surface area contributed by atoms with Crippen molar-refractivity contribution in [1.29, 1.82) is 0 Å². The van der Waals surface area contributed by atoms with Gasteiger partial charge in [0.1, 0.15) is 5.75 Å². The molecule has 1 heterocycles. The average molecular weight is 306 g/mol. The second-order valence-corrected chi connectivity index (χ2v) is 5.41. The Bertz CT molecular complexity index is 547. The highest BCUT2D eigenvalue weighted by Crippen LogP contribution is 2.25. The van der Waals surface area contributed by atoms with Gasteiger partial charge in [0.2, 0.25) is 5.91 Å². The number of aliphatic carboxylic acids is 1. The minimum atomic E-state index is -0.795. The van der Waals surface area contributed by atoms with Crippen LogP contribution in [-0.4, -0.2) is 47.6 Å². The molecular formula is C16H22N2O4. The number of amides is 1. The van der Waals surface area contributed by atoms with Crippen molar-refractivity contribution in [3.05, 3.63) is 24.3 Å². The zero-order valence-corrected chi connectivity index (χ0v) is 12.9. The number of carbonyl (C=O) groups is 2. The monoisotopic (exact) mass is 306 g/mol. The second-order valence-electron chi connectivity index (χ2n) is 5.41. The summed E-state index contributed by atoms with van der Waals surface area (Å²) in [5.41, 5.74) is 0.634. The van der Waals surface area contributed by atoms with Gasteiger partial charge in [-0.3, -0.25) is 14.5 Å². The molecule has 2 atom stereocenters. The Kier molecular flexibility index (Phi) is 5.38. The smallest absolute Gasteiger partial charge is 0.307 e. The Morgan fingerprint density at radius 2 is 2.18 bits per heavy atom. The van der Waals surface area contributed by atoms with Crippen LogP contribution in [0.15, 0.2) is 24.3 Å². The van der Waals surface area contributed by atoms with Crippen LogP contribution < -0.4 is 10.1 Å². The van der Waals surface area contributed by atoms with Crippen molar-refractivity contribution in [2.75, 3.05) is 25.0 Å². The molecular weight excluding hydrogens is 284 g/mol. The zero-order valence-electron chi connectivity index (χ0n) is 12.9. The molecule has 2 N–H and O–H groups in total. The van der Waals surface area contributed by atoms with Crippen molar-refractivity contribution in [1.82, 2.24) is 4.90 Å². The number of likely N-dealkylation sites (tertiary alicyclic amines) is 1. The molecule has 0 spiro atoms. The number of rotatable bonds is 6. The molecule has 1 amide bonds. The zero-order chi connectivity index (χ0) is 16.1. The molecule has 22 heavy (non-hydrogen) atoms. The van der Waals surface area contributed by atoms with Gasteiger partial charge < -0.3 is 15.2 Å². The summed E-state index contributed by atoms with van der Waals surface area (Å²) in [5.74, 6) is -0.698. The van der Waals surface area contributed by atoms with Crippen LogP contribution in [0.3, 0.4) is 0 Å². The summed E-state index contributed by atoms with van der Waals surface area (Å²) < 4.78 is 5.49. The van der Waals surface area contributed by atoms with Gasteiger partial charge >= 0.3 is 5.97 Å². The number of benzene rings is 1. The number of para-hydroxylation sites is 2. The predicted molar refractivity (Wildman–Crippen MR) is 83.0 cm³/mol. The average Bonchev–Trinajstić information content (AvgIpc) is 2.98. The molecule has 1 fully saturated rings. The quantitative estimate of drug-likeness (QED) is 0.838. The number of carboxylic acids is 1. The number of anilines is 1. The molecule has 1 aromatic carbocycles. The Labute approximate surface area is 130 Å². The van der Waals surface area contributed by atoms with Crippen molar-refractivity contribution in [3.63, 3.8) is 0 Å². The van der Waals surface area contributed by atoms with E-state index in [0.29, 0.717) is 37.6 Å². The van der Waals surface area contributed by atoms with Crippen LogP contribution in [-0.2, 0) is 9.59 Å². The van der Waals surface area contributed by atoms with Crippen LogP contribution in [0.25, 0.3) is 0 Å². The minimum absolute atomic E-state index is 0.154. The van der Waals surface area contributed by atoms with Gasteiger partial charge in [0.05, 0.1) is 24.3 Å². The number of nitrogens with one attached hydrogen (secondary N) is 1. The summed E-state index contributed by atoms with van der Waals surface area (Å²) in [6, 6.07) is 6.90. The first kappa shape index (κ1) is 16.3. The van der Waals surface area contributed by atoms with E-state index in [-0.39, 0.29) is 17.9 Å². The number of ether oxygens (including phenoxy) is 1. The number of nitrogens with zero attached hydrogens (tertiary/aromatic N) is 1. The number of hydrogen-bond acceptors (Lipinski definition) is 4. The third-order valence-electron chi connectivity index (χ3n) is 3.94. The highest BCUT2D eigenvalue weighted by molar-refractivity contribution is 5.95. The van der Waals surface area contributed by atoms with E-state index in [9.17, 15) is 9.59 Å². The van der Waals surface area contributed by atoms with Crippen molar-refractivity contribution >= 4 is 17.6 Å². The van der Waals surface area contributed by atoms with E-state index in [4.69, 9.17) is 9.84 Å². The molecule has 1 saturated heterocycles. The molecule has 6 nitrogen and oxygen atoms in total. The lowest BCUT2D eigenvalue weighted by molar-refractivity contribution is -0.141. The minimum Gasteiger partial charge on any atom is -0.492 e. The molecule has 0 saturated carbocycles. The van der Waals surface area contributed by atoms with Gasteiger partial charge in [0.15, 0.2) is 0 Å². The second kappa shape index (κ2) is 7.26. The van der Waals surface area contributed by atoms with Crippen LogP contribution in [0.1, 0.15) is 20.3 Å². The maximum atomic E-state index is 12.4. The van der Waals surface area contributed by atoms with Crippen molar-refractivity contribution < 1.29 is 19.4 Å². The van der Waals surface area contributed by atoms with Gasteiger partial charge in [-0.2, -0.15) is 0 Å². The molecule has 1 aliphatic heterocycles. The lowest BCUT2D eigenvalue weighted by Gasteiger charge is -2.23. The molecule has 6 heteroatoms. The molecule has 2 unspecified atom stereocenters. The highest BCUT2D eigenvalue weighted by Gasteiger charge is 2.33. The molecule has 2 rings (SSSR count). The summed E-state index contributed by atoms with van der Waals surface area (Å²) in [4.78, 5) is 25.3. The molecule has 1 aliphatic rings. The summed E-state index contributed by atoms with van der Waals surface area (Å²) in [6.07, 6.45) is 0.586. The first-order chi connectivity index (χ1) is 10.5. The molecule has 120 valence electrons. The molecule has 0 aliphatic carbocycles. The lowest BCUT2D eigenvalue weighted by Crippen LogP contribution is -2.41. The largest absolute Gasteiger partial charge is 0.492 e. The van der Waals surface area contributed by atoms with E-state index in [1.807, 2.05) is 24.0 Å². The van der Waals surface area contributed by atoms with Crippen molar-refractivity contribution in [3.8, 4) is 5.75 Å². The first-order valence-corrected chi connectivity index (χ1v) is 7.52. The fourth-order valence-electron chi connectivity index (χ4n) is 2.59. The third kappa shape index (κ3) is 3.76. The SMILES string of the molecule is CCOc1ccccc1NC(=O)C(C)N1CCC(C(=O)O)C1. The predicted octanol–water partition coefficient (Wildman–Crippen LogP) is 1.82. The van der Waals surface area contributed by atoms with Crippen LogP contribution in [0.2, 0.25) is 0 Å². The van der Waals surface area contributed by atoms with Crippen LogP contribution in [0, 0.1) is 5.92 Å². The lowest BCUT2D eigenvalue weighted by atomic mass is 10.1. The highest BCUT2D eigenvalue weighted by atomic mass is 16.5. The Balaban J connectivity index is 1.99. The Hall–Kier alpha value is -2.08. The summed E-state index contributed by atoms with van der Waals surface area (Å²) in [6.45, 7) is 5.24. The first-order valence-electron chi connectivity index (χ1n) is 7.52. The van der Waals surface area contributed by atoms with Crippen LogP contribution >= 0.6 is 0 Å². The summed E-state index contributed by atoms with van der Waals surface area (Å²) >= 11 is 0. The van der Waals surface area contributed by atoms with Gasteiger partial charge in [-0.15, -0.1) is 0 Å². The van der Waals surface area contributed by atoms with Crippen LogP contribution in [0.4, 0.5) is 5.69 Å². The standard InChI is InChI=1S/C16H22N2O4/c1-3-22-14-7-5-4-6-13(14)17-15(19)11(2)18-9-8-12(10-18)16(20)21/h4-7,11-12H,3,8-10H2,1-2H3,(H,17,19)(H,20,21). The van der Waals surface area contributed by atoms with E-state index in [0.717, 1.165) is 0 Å². The fourth-order valence-corrected chi connectivity index (χ4v) is 2.59. The van der Waals surface area contributed by atoms with Crippen LogP contribution in [0.5, 0.6) is 5.75 Å². The topological polar surface area (TPSA) is 78.9 Å². The van der Waals surface area contributed by atoms with Gasteiger partial charge in [0.25, 0.3) is 0 Å².